The lowest BCUT2D eigenvalue weighted by molar-refractivity contribution is -0.00257. The van der Waals surface area contributed by atoms with Crippen molar-refractivity contribution in [1.82, 2.24) is 9.88 Å². The van der Waals surface area contributed by atoms with Gasteiger partial charge in [-0.15, -0.1) is 0 Å². The van der Waals surface area contributed by atoms with E-state index < -0.39 is 0 Å². The van der Waals surface area contributed by atoms with Crippen molar-refractivity contribution >= 4 is 5.82 Å². The quantitative estimate of drug-likeness (QED) is 0.862. The molecule has 94 valence electrons. The maximum absolute atomic E-state index is 5.83. The fourth-order valence-corrected chi connectivity index (χ4v) is 2.24. The molecule has 1 aliphatic rings. The van der Waals surface area contributed by atoms with E-state index in [9.17, 15) is 0 Å². The zero-order chi connectivity index (χ0) is 12.1. The van der Waals surface area contributed by atoms with Gasteiger partial charge in [-0.2, -0.15) is 0 Å². The number of likely N-dealkylation sites (N-methyl/N-ethyl adjacent to an activating group) is 1. The van der Waals surface area contributed by atoms with Crippen LogP contribution >= 0.6 is 0 Å². The Morgan fingerprint density at radius 3 is 3.12 bits per heavy atom. The molecular formula is C13H21N3O. The third-order valence-electron chi connectivity index (χ3n) is 3.16. The first-order chi connectivity index (χ1) is 8.25. The predicted octanol–water partition coefficient (Wildman–Crippen LogP) is 1.66. The Morgan fingerprint density at radius 1 is 1.53 bits per heavy atom. The van der Waals surface area contributed by atoms with E-state index in [1.165, 1.54) is 19.3 Å². The van der Waals surface area contributed by atoms with Crippen LogP contribution in [0.2, 0.25) is 0 Å². The molecule has 4 heteroatoms. The van der Waals surface area contributed by atoms with Crippen LogP contribution in [0.4, 0.5) is 5.82 Å². The van der Waals surface area contributed by atoms with Crippen molar-refractivity contribution in [3.8, 4) is 0 Å². The second-order valence-electron chi connectivity index (χ2n) is 4.73. The standard InChI is InChI=1S/C13H21N3O/c1-16(10-12-6-2-3-8-17-12)9-11-5-4-7-15-13(11)14/h4-5,7,12H,2-3,6,8-10H2,1H3,(H2,14,15). The molecule has 4 nitrogen and oxygen atoms in total. The molecule has 0 bridgehead atoms. The molecule has 2 rings (SSSR count). The number of rotatable bonds is 4. The van der Waals surface area contributed by atoms with Crippen LogP contribution in [-0.2, 0) is 11.3 Å². The summed E-state index contributed by atoms with van der Waals surface area (Å²) in [6, 6.07) is 3.96. The van der Waals surface area contributed by atoms with Gasteiger partial charge >= 0.3 is 0 Å². The Bertz CT molecular complexity index is 350. The fourth-order valence-electron chi connectivity index (χ4n) is 2.24. The third-order valence-corrected chi connectivity index (χ3v) is 3.16. The van der Waals surface area contributed by atoms with Crippen molar-refractivity contribution in [2.75, 3.05) is 25.9 Å². The number of aromatic nitrogens is 1. The van der Waals surface area contributed by atoms with Gasteiger partial charge in [-0.1, -0.05) is 6.07 Å². The van der Waals surface area contributed by atoms with E-state index in [2.05, 4.69) is 16.9 Å². The van der Waals surface area contributed by atoms with E-state index in [-0.39, 0.29) is 0 Å². The minimum Gasteiger partial charge on any atom is -0.383 e. The first-order valence-corrected chi connectivity index (χ1v) is 6.25. The highest BCUT2D eigenvalue weighted by Gasteiger charge is 2.16. The van der Waals surface area contributed by atoms with E-state index in [0.29, 0.717) is 11.9 Å². The molecule has 1 aliphatic heterocycles. The van der Waals surface area contributed by atoms with Gasteiger partial charge < -0.3 is 10.5 Å². The summed E-state index contributed by atoms with van der Waals surface area (Å²) in [7, 11) is 2.10. The Balaban J connectivity index is 1.84. The van der Waals surface area contributed by atoms with E-state index in [0.717, 1.165) is 25.3 Å². The molecule has 0 radical (unpaired) electrons. The molecule has 1 atom stereocenters. The zero-order valence-electron chi connectivity index (χ0n) is 10.4. The highest BCUT2D eigenvalue weighted by atomic mass is 16.5. The lowest BCUT2D eigenvalue weighted by Crippen LogP contribution is -2.33. The smallest absolute Gasteiger partial charge is 0.127 e. The summed E-state index contributed by atoms with van der Waals surface area (Å²) in [6.45, 7) is 2.71. The summed E-state index contributed by atoms with van der Waals surface area (Å²) in [5.74, 6) is 0.629. The number of anilines is 1. The van der Waals surface area contributed by atoms with Crippen molar-refractivity contribution in [2.45, 2.75) is 31.9 Å². The molecule has 1 saturated heterocycles. The molecule has 1 aromatic heterocycles. The van der Waals surface area contributed by atoms with Crippen molar-refractivity contribution in [1.29, 1.82) is 0 Å². The number of hydrogen-bond donors (Lipinski definition) is 1. The highest BCUT2D eigenvalue weighted by molar-refractivity contribution is 5.38. The Labute approximate surface area is 103 Å². The Hall–Kier alpha value is -1.13. The lowest BCUT2D eigenvalue weighted by Gasteiger charge is -2.27. The van der Waals surface area contributed by atoms with Gasteiger partial charge in [0.05, 0.1) is 6.10 Å². The van der Waals surface area contributed by atoms with Crippen LogP contribution in [0.25, 0.3) is 0 Å². The van der Waals surface area contributed by atoms with Crippen LogP contribution in [0.1, 0.15) is 24.8 Å². The first-order valence-electron chi connectivity index (χ1n) is 6.25. The van der Waals surface area contributed by atoms with Crippen LogP contribution in [0.15, 0.2) is 18.3 Å². The molecule has 0 aliphatic carbocycles. The van der Waals surface area contributed by atoms with E-state index in [1.807, 2.05) is 12.1 Å². The minimum atomic E-state index is 0.381. The van der Waals surface area contributed by atoms with Gasteiger partial charge in [0.15, 0.2) is 0 Å². The summed E-state index contributed by atoms with van der Waals surface area (Å²) in [4.78, 5) is 6.35. The van der Waals surface area contributed by atoms with Gasteiger partial charge in [-0.3, -0.25) is 4.90 Å². The van der Waals surface area contributed by atoms with Gasteiger partial charge in [0, 0.05) is 31.5 Å². The highest BCUT2D eigenvalue weighted by Crippen LogP contribution is 2.15. The maximum Gasteiger partial charge on any atom is 0.127 e. The van der Waals surface area contributed by atoms with Crippen molar-refractivity contribution < 1.29 is 4.74 Å². The molecular weight excluding hydrogens is 214 g/mol. The lowest BCUT2D eigenvalue weighted by atomic mass is 10.1. The number of nitrogens with two attached hydrogens (primary N) is 1. The molecule has 2 heterocycles. The summed E-state index contributed by atoms with van der Waals surface area (Å²) in [6.07, 6.45) is 5.77. The summed E-state index contributed by atoms with van der Waals surface area (Å²) >= 11 is 0. The Kier molecular flexibility index (Phi) is 4.34. The van der Waals surface area contributed by atoms with Crippen LogP contribution in [0, 0.1) is 0 Å². The molecule has 0 saturated carbocycles. The normalized spacial score (nSPS) is 20.7. The molecule has 1 unspecified atom stereocenters. The van der Waals surface area contributed by atoms with Gasteiger partial charge in [0.25, 0.3) is 0 Å². The predicted molar refractivity (Wildman–Crippen MR) is 68.6 cm³/mol. The number of nitrogens with zero attached hydrogens (tertiary/aromatic N) is 2. The van der Waals surface area contributed by atoms with E-state index in [4.69, 9.17) is 10.5 Å². The largest absolute Gasteiger partial charge is 0.383 e. The topological polar surface area (TPSA) is 51.4 Å². The van der Waals surface area contributed by atoms with Crippen molar-refractivity contribution in [3.05, 3.63) is 23.9 Å². The van der Waals surface area contributed by atoms with Crippen LogP contribution in [0.3, 0.4) is 0 Å². The van der Waals surface area contributed by atoms with Crippen molar-refractivity contribution in [2.24, 2.45) is 0 Å². The minimum absolute atomic E-state index is 0.381. The summed E-state index contributed by atoms with van der Waals surface area (Å²) in [5, 5.41) is 0. The number of ether oxygens (including phenoxy) is 1. The number of pyridine rings is 1. The van der Waals surface area contributed by atoms with Crippen LogP contribution in [0.5, 0.6) is 0 Å². The molecule has 0 amide bonds. The molecule has 1 fully saturated rings. The Morgan fingerprint density at radius 2 is 2.41 bits per heavy atom. The molecule has 17 heavy (non-hydrogen) atoms. The molecule has 2 N–H and O–H groups in total. The average Bonchev–Trinajstić information content (AvgIpc) is 2.33. The summed E-state index contributed by atoms with van der Waals surface area (Å²) in [5.41, 5.74) is 6.92. The third kappa shape index (κ3) is 3.68. The number of hydrogen-bond acceptors (Lipinski definition) is 4. The maximum atomic E-state index is 5.83. The molecule has 1 aromatic rings. The fraction of sp³-hybridized carbons (Fsp3) is 0.615. The van der Waals surface area contributed by atoms with Gasteiger partial charge in [0.1, 0.15) is 5.82 Å². The number of nitrogen functional groups attached to an aromatic ring is 1. The van der Waals surface area contributed by atoms with Gasteiger partial charge in [-0.05, 0) is 32.4 Å². The SMILES string of the molecule is CN(Cc1cccnc1N)CC1CCCCO1. The van der Waals surface area contributed by atoms with E-state index >= 15 is 0 Å². The van der Waals surface area contributed by atoms with Crippen molar-refractivity contribution in [3.63, 3.8) is 0 Å². The van der Waals surface area contributed by atoms with Gasteiger partial charge in [0.2, 0.25) is 0 Å². The monoisotopic (exact) mass is 235 g/mol. The second-order valence-corrected chi connectivity index (χ2v) is 4.73. The zero-order valence-corrected chi connectivity index (χ0v) is 10.4. The molecule has 0 aromatic carbocycles. The van der Waals surface area contributed by atoms with Gasteiger partial charge in [-0.25, -0.2) is 4.98 Å². The van der Waals surface area contributed by atoms with E-state index in [1.54, 1.807) is 6.20 Å². The average molecular weight is 235 g/mol. The van der Waals surface area contributed by atoms with Crippen LogP contribution < -0.4 is 5.73 Å². The molecule has 0 spiro atoms. The second kappa shape index (κ2) is 5.98. The van der Waals surface area contributed by atoms with Crippen LogP contribution in [-0.4, -0.2) is 36.2 Å². The first kappa shape index (κ1) is 12.3. The summed E-state index contributed by atoms with van der Waals surface area (Å²) < 4.78 is 5.73.